The highest BCUT2D eigenvalue weighted by Crippen LogP contribution is 2.34. The molecule has 4 nitrogen and oxygen atoms in total. The van der Waals surface area contributed by atoms with Gasteiger partial charge in [0.1, 0.15) is 0 Å². The number of benzene rings is 2. The Kier molecular flexibility index (Phi) is 3.68. The maximum absolute atomic E-state index is 12.1. The number of rotatable bonds is 4. The molecule has 2 aromatic carbocycles. The van der Waals surface area contributed by atoms with Gasteiger partial charge < -0.3 is 5.32 Å². The molecule has 108 valence electrons. The lowest BCUT2D eigenvalue weighted by molar-refractivity contribution is 0.0845. The van der Waals surface area contributed by atoms with Crippen molar-refractivity contribution in [2.24, 2.45) is 0 Å². The van der Waals surface area contributed by atoms with Gasteiger partial charge >= 0.3 is 0 Å². The summed E-state index contributed by atoms with van der Waals surface area (Å²) in [5.74, 6) is -0.675. The molecule has 0 aliphatic carbocycles. The molecule has 0 unspecified atom stereocenters. The van der Waals surface area contributed by atoms with Crippen LogP contribution in [-0.2, 0) is 0 Å². The van der Waals surface area contributed by atoms with Crippen molar-refractivity contribution < 1.29 is 9.59 Å². The highest BCUT2D eigenvalue weighted by molar-refractivity contribution is 9.10. The Hall–Kier alpha value is -1.88. The fraction of sp³-hybridized carbons (Fsp3) is 0.250. The van der Waals surface area contributed by atoms with Crippen LogP contribution < -0.4 is 10.6 Å². The maximum Gasteiger partial charge on any atom is 0.258 e. The molecular formula is C16H15BrN2O2. The van der Waals surface area contributed by atoms with Gasteiger partial charge in [-0.3, -0.25) is 14.9 Å². The Bertz CT molecular complexity index is 756. The molecule has 0 saturated heterocycles. The predicted octanol–water partition coefficient (Wildman–Crippen LogP) is 3.70. The lowest BCUT2D eigenvalue weighted by Gasteiger charge is -2.19. The third-order valence-corrected chi connectivity index (χ3v) is 4.33. The molecule has 2 amide bonds. The number of anilines is 1. The SMILES string of the molecule is CCCCNc1cc2c3c(ccc(Br)c3c1)C(=O)NC2=O. The summed E-state index contributed by atoms with van der Waals surface area (Å²) in [5, 5.41) is 7.32. The van der Waals surface area contributed by atoms with Gasteiger partial charge in [0.25, 0.3) is 11.8 Å². The van der Waals surface area contributed by atoms with Crippen molar-refractivity contribution in [3.05, 3.63) is 39.9 Å². The summed E-state index contributed by atoms with van der Waals surface area (Å²) >= 11 is 3.50. The van der Waals surface area contributed by atoms with Gasteiger partial charge in [-0.1, -0.05) is 29.3 Å². The molecule has 0 spiro atoms. The van der Waals surface area contributed by atoms with E-state index in [-0.39, 0.29) is 11.8 Å². The molecule has 2 N–H and O–H groups in total. The van der Waals surface area contributed by atoms with Gasteiger partial charge in [-0.2, -0.15) is 0 Å². The second-order valence-electron chi connectivity index (χ2n) is 5.10. The lowest BCUT2D eigenvalue weighted by atomic mass is 9.94. The second-order valence-corrected chi connectivity index (χ2v) is 5.96. The largest absolute Gasteiger partial charge is 0.385 e. The van der Waals surface area contributed by atoms with Crippen LogP contribution in [0.15, 0.2) is 28.7 Å². The van der Waals surface area contributed by atoms with E-state index in [1.54, 1.807) is 6.07 Å². The van der Waals surface area contributed by atoms with E-state index in [9.17, 15) is 9.59 Å². The van der Waals surface area contributed by atoms with Crippen LogP contribution in [0.3, 0.4) is 0 Å². The van der Waals surface area contributed by atoms with Crippen molar-refractivity contribution in [3.8, 4) is 0 Å². The fourth-order valence-electron chi connectivity index (χ4n) is 2.57. The topological polar surface area (TPSA) is 58.2 Å². The third-order valence-electron chi connectivity index (χ3n) is 3.64. The predicted molar refractivity (Wildman–Crippen MR) is 86.8 cm³/mol. The van der Waals surface area contributed by atoms with Crippen LogP contribution in [0.5, 0.6) is 0 Å². The van der Waals surface area contributed by atoms with Gasteiger partial charge in [0.05, 0.1) is 5.56 Å². The number of nitrogens with one attached hydrogen (secondary N) is 2. The average molecular weight is 347 g/mol. The zero-order valence-electron chi connectivity index (χ0n) is 11.6. The smallest absolute Gasteiger partial charge is 0.258 e. The molecule has 5 heteroatoms. The van der Waals surface area contributed by atoms with Crippen molar-refractivity contribution in [2.75, 3.05) is 11.9 Å². The van der Waals surface area contributed by atoms with E-state index in [0.29, 0.717) is 11.1 Å². The van der Waals surface area contributed by atoms with Crippen LogP contribution in [0.1, 0.15) is 40.5 Å². The van der Waals surface area contributed by atoms with Crippen molar-refractivity contribution in [2.45, 2.75) is 19.8 Å². The minimum atomic E-state index is -0.338. The summed E-state index contributed by atoms with van der Waals surface area (Å²) in [6.07, 6.45) is 2.18. The van der Waals surface area contributed by atoms with E-state index in [0.717, 1.165) is 40.3 Å². The zero-order valence-corrected chi connectivity index (χ0v) is 13.2. The normalized spacial score (nSPS) is 13.4. The summed E-state index contributed by atoms with van der Waals surface area (Å²) in [5.41, 5.74) is 1.98. The highest BCUT2D eigenvalue weighted by atomic mass is 79.9. The quantitative estimate of drug-likeness (QED) is 0.655. The van der Waals surface area contributed by atoms with Crippen LogP contribution in [-0.4, -0.2) is 18.4 Å². The zero-order chi connectivity index (χ0) is 15.0. The van der Waals surface area contributed by atoms with E-state index >= 15 is 0 Å². The van der Waals surface area contributed by atoms with Gasteiger partial charge in [-0.05, 0) is 36.1 Å². The van der Waals surface area contributed by atoms with E-state index in [1.807, 2.05) is 18.2 Å². The summed E-state index contributed by atoms with van der Waals surface area (Å²) in [6, 6.07) is 7.37. The minimum Gasteiger partial charge on any atom is -0.385 e. The van der Waals surface area contributed by atoms with Crippen LogP contribution >= 0.6 is 15.9 Å². The Balaban J connectivity index is 2.19. The first kappa shape index (κ1) is 14.1. The van der Waals surface area contributed by atoms with Gasteiger partial charge in [0.2, 0.25) is 0 Å². The fourth-order valence-corrected chi connectivity index (χ4v) is 3.01. The van der Waals surface area contributed by atoms with Gasteiger partial charge in [0, 0.05) is 27.7 Å². The Morgan fingerprint density at radius 3 is 2.67 bits per heavy atom. The number of halogens is 1. The third kappa shape index (κ3) is 2.42. The number of imide groups is 1. The van der Waals surface area contributed by atoms with E-state index in [2.05, 4.69) is 33.5 Å². The van der Waals surface area contributed by atoms with Crippen LogP contribution in [0.25, 0.3) is 10.8 Å². The van der Waals surface area contributed by atoms with Crippen LogP contribution in [0, 0.1) is 0 Å². The van der Waals surface area contributed by atoms with E-state index in [4.69, 9.17) is 0 Å². The summed E-state index contributed by atoms with van der Waals surface area (Å²) in [7, 11) is 0. The van der Waals surface area contributed by atoms with Crippen LogP contribution in [0.2, 0.25) is 0 Å². The molecule has 0 bridgehead atoms. The number of carbonyl (C=O) groups excluding carboxylic acids is 2. The number of hydrogen-bond donors (Lipinski definition) is 2. The van der Waals surface area contributed by atoms with Gasteiger partial charge in [-0.25, -0.2) is 0 Å². The molecular weight excluding hydrogens is 332 g/mol. The first-order valence-electron chi connectivity index (χ1n) is 6.97. The lowest BCUT2D eigenvalue weighted by Crippen LogP contribution is -2.34. The molecule has 0 saturated carbocycles. The first-order chi connectivity index (χ1) is 10.1. The Morgan fingerprint density at radius 2 is 1.90 bits per heavy atom. The molecule has 1 heterocycles. The second kappa shape index (κ2) is 5.48. The molecule has 0 aromatic heterocycles. The number of unbranched alkanes of at least 4 members (excludes halogenated alkanes) is 1. The molecule has 3 rings (SSSR count). The monoisotopic (exact) mass is 346 g/mol. The molecule has 1 aliphatic rings. The van der Waals surface area contributed by atoms with Crippen molar-refractivity contribution in [1.82, 2.24) is 5.32 Å². The van der Waals surface area contributed by atoms with Crippen molar-refractivity contribution in [1.29, 1.82) is 0 Å². The Labute approximate surface area is 131 Å². The van der Waals surface area contributed by atoms with Gasteiger partial charge in [-0.15, -0.1) is 0 Å². The van der Waals surface area contributed by atoms with Gasteiger partial charge in [0.15, 0.2) is 0 Å². The maximum atomic E-state index is 12.1. The van der Waals surface area contributed by atoms with Crippen molar-refractivity contribution >= 4 is 44.2 Å². The minimum absolute atomic E-state index is 0.336. The number of amides is 2. The van der Waals surface area contributed by atoms with Crippen molar-refractivity contribution in [3.63, 3.8) is 0 Å². The molecule has 1 aliphatic heterocycles. The van der Waals surface area contributed by atoms with E-state index in [1.165, 1.54) is 0 Å². The molecule has 0 fully saturated rings. The summed E-state index contributed by atoms with van der Waals surface area (Å²) in [6.45, 7) is 2.99. The standard InChI is InChI=1S/C16H15BrN2O2/c1-2-3-6-18-9-7-11-13(17)5-4-10-14(11)12(8-9)16(21)19-15(10)20/h4-5,7-8,18H,2-3,6H2,1H3,(H,19,20,21). The molecule has 2 aromatic rings. The molecule has 0 atom stereocenters. The first-order valence-corrected chi connectivity index (χ1v) is 7.77. The summed E-state index contributed by atoms with van der Waals surface area (Å²) < 4.78 is 0.879. The average Bonchev–Trinajstić information content (AvgIpc) is 2.46. The molecule has 21 heavy (non-hydrogen) atoms. The van der Waals surface area contributed by atoms with E-state index < -0.39 is 0 Å². The molecule has 0 radical (unpaired) electrons. The number of carbonyl (C=O) groups is 2. The highest BCUT2D eigenvalue weighted by Gasteiger charge is 2.26. The summed E-state index contributed by atoms with van der Waals surface area (Å²) in [4.78, 5) is 24.0. The Morgan fingerprint density at radius 1 is 1.14 bits per heavy atom. The van der Waals surface area contributed by atoms with Crippen LogP contribution in [0.4, 0.5) is 5.69 Å². The number of hydrogen-bond acceptors (Lipinski definition) is 3.